The van der Waals surface area contributed by atoms with E-state index < -0.39 is 0 Å². The monoisotopic (exact) mass is 261 g/mol. The number of rotatable bonds is 4. The van der Waals surface area contributed by atoms with Gasteiger partial charge >= 0.3 is 0 Å². The average Bonchev–Trinajstić information content (AvgIpc) is 2.41. The molecular weight excluding hydrogens is 238 g/mol. The van der Waals surface area contributed by atoms with E-state index in [4.69, 9.17) is 0 Å². The van der Waals surface area contributed by atoms with Crippen molar-refractivity contribution in [2.24, 2.45) is 5.92 Å². The molecule has 19 heavy (non-hydrogen) atoms. The Bertz CT molecular complexity index is 439. The van der Waals surface area contributed by atoms with E-state index in [1.165, 1.54) is 25.9 Å². The van der Waals surface area contributed by atoms with Crippen molar-refractivity contribution < 1.29 is 4.79 Å². The molecule has 0 unspecified atom stereocenters. The number of likely N-dealkylation sites (tertiary alicyclic amines) is 1. The predicted octanol–water partition coefficient (Wildman–Crippen LogP) is 1.98. The first kappa shape index (κ1) is 14.0. The zero-order chi connectivity index (χ0) is 13.8. The van der Waals surface area contributed by atoms with Crippen molar-refractivity contribution in [1.29, 1.82) is 0 Å². The minimum Gasteiger partial charge on any atom is -0.359 e. The van der Waals surface area contributed by atoms with Crippen LogP contribution in [-0.4, -0.2) is 49.9 Å². The fraction of sp³-hybridized carbons (Fsp3) is 0.600. The number of anilines is 1. The van der Waals surface area contributed by atoms with E-state index in [1.807, 2.05) is 13.0 Å². The average molecular weight is 261 g/mol. The van der Waals surface area contributed by atoms with Crippen LogP contribution in [0.25, 0.3) is 0 Å². The van der Waals surface area contributed by atoms with Crippen LogP contribution < -0.4 is 4.90 Å². The van der Waals surface area contributed by atoms with Crippen molar-refractivity contribution in [2.45, 2.75) is 19.8 Å². The highest BCUT2D eigenvalue weighted by Crippen LogP contribution is 2.21. The second-order valence-corrected chi connectivity index (χ2v) is 5.65. The lowest BCUT2D eigenvalue weighted by molar-refractivity contribution is 0.112. The third kappa shape index (κ3) is 3.53. The van der Waals surface area contributed by atoms with Crippen molar-refractivity contribution in [3.63, 3.8) is 0 Å². The Labute approximate surface area is 115 Å². The molecule has 0 aromatic carbocycles. The van der Waals surface area contributed by atoms with Crippen LogP contribution in [0.2, 0.25) is 0 Å². The number of hydrogen-bond acceptors (Lipinski definition) is 4. The van der Waals surface area contributed by atoms with Gasteiger partial charge in [-0.25, -0.2) is 4.98 Å². The smallest absolute Gasteiger partial charge is 0.151 e. The summed E-state index contributed by atoms with van der Waals surface area (Å²) in [5, 5.41) is 0. The Morgan fingerprint density at radius 2 is 2.16 bits per heavy atom. The van der Waals surface area contributed by atoms with Gasteiger partial charge in [0, 0.05) is 25.4 Å². The Kier molecular flexibility index (Phi) is 4.53. The number of carbonyl (C=O) groups excluding carboxylic acids is 1. The molecule has 1 fully saturated rings. The maximum absolute atomic E-state index is 10.7. The first-order valence-corrected chi connectivity index (χ1v) is 6.91. The zero-order valence-corrected chi connectivity index (χ0v) is 12.1. The molecule has 0 aliphatic carbocycles. The van der Waals surface area contributed by atoms with Gasteiger partial charge in [0.05, 0.1) is 0 Å². The molecule has 2 heterocycles. The van der Waals surface area contributed by atoms with E-state index >= 15 is 0 Å². The maximum Gasteiger partial charge on any atom is 0.151 e. The van der Waals surface area contributed by atoms with Crippen molar-refractivity contribution >= 4 is 12.1 Å². The topological polar surface area (TPSA) is 36.4 Å². The molecule has 0 N–H and O–H groups in total. The number of aromatic nitrogens is 1. The van der Waals surface area contributed by atoms with Gasteiger partial charge in [-0.15, -0.1) is 0 Å². The van der Waals surface area contributed by atoms with Crippen LogP contribution in [0.4, 0.5) is 5.82 Å². The lowest BCUT2D eigenvalue weighted by Crippen LogP contribution is -2.36. The second kappa shape index (κ2) is 6.15. The molecule has 1 aliphatic heterocycles. The highest BCUT2D eigenvalue weighted by molar-refractivity contribution is 5.75. The number of piperidine rings is 1. The van der Waals surface area contributed by atoms with Crippen LogP contribution in [0.1, 0.15) is 28.8 Å². The second-order valence-electron chi connectivity index (χ2n) is 5.65. The molecular formula is C15H23N3O. The normalized spacial score (nSPS) is 17.4. The van der Waals surface area contributed by atoms with Gasteiger partial charge < -0.3 is 9.80 Å². The van der Waals surface area contributed by atoms with E-state index in [1.54, 1.807) is 6.20 Å². The summed E-state index contributed by atoms with van der Waals surface area (Å²) in [5.74, 6) is 1.73. The summed E-state index contributed by atoms with van der Waals surface area (Å²) in [5.41, 5.74) is 1.72. The van der Waals surface area contributed by atoms with Crippen molar-refractivity contribution in [2.75, 3.05) is 38.6 Å². The molecule has 1 aromatic rings. The van der Waals surface area contributed by atoms with E-state index in [2.05, 4.69) is 28.9 Å². The summed E-state index contributed by atoms with van der Waals surface area (Å²) in [7, 11) is 4.28. The molecule has 0 spiro atoms. The fourth-order valence-electron chi connectivity index (χ4n) is 2.77. The molecule has 0 bridgehead atoms. The van der Waals surface area contributed by atoms with Gasteiger partial charge in [0.2, 0.25) is 0 Å². The molecule has 1 aromatic heterocycles. The van der Waals surface area contributed by atoms with Crippen LogP contribution in [0.3, 0.4) is 0 Å². The van der Waals surface area contributed by atoms with Crippen LogP contribution in [0.15, 0.2) is 12.3 Å². The lowest BCUT2D eigenvalue weighted by atomic mass is 9.96. The number of pyridine rings is 1. The summed E-state index contributed by atoms with van der Waals surface area (Å²) in [6.07, 6.45) is 5.01. The molecule has 0 amide bonds. The SMILES string of the molecule is Cc1cc(C=O)cnc1N(C)CC1CCN(C)CC1. The number of aryl methyl sites for hydroxylation is 1. The molecule has 104 valence electrons. The minimum atomic E-state index is 0.647. The van der Waals surface area contributed by atoms with Crippen LogP contribution in [0.5, 0.6) is 0 Å². The molecule has 1 aliphatic rings. The standard InChI is InChI=1S/C15H23N3O/c1-12-8-14(11-19)9-16-15(12)18(3)10-13-4-6-17(2)7-5-13/h8-9,11,13H,4-7,10H2,1-3H3. The third-order valence-electron chi connectivity index (χ3n) is 3.94. The highest BCUT2D eigenvalue weighted by atomic mass is 16.1. The summed E-state index contributed by atoms with van der Waals surface area (Å²) in [6.45, 7) is 5.44. The van der Waals surface area contributed by atoms with E-state index in [0.29, 0.717) is 5.56 Å². The number of carbonyl (C=O) groups is 1. The Morgan fingerprint density at radius 3 is 2.74 bits per heavy atom. The minimum absolute atomic E-state index is 0.647. The van der Waals surface area contributed by atoms with Gasteiger partial charge in [-0.2, -0.15) is 0 Å². The molecule has 0 radical (unpaired) electrons. The predicted molar refractivity (Wildman–Crippen MR) is 77.9 cm³/mol. The third-order valence-corrected chi connectivity index (χ3v) is 3.94. The molecule has 2 rings (SSSR count). The zero-order valence-electron chi connectivity index (χ0n) is 12.1. The van der Waals surface area contributed by atoms with Gasteiger partial charge in [0.1, 0.15) is 5.82 Å². The van der Waals surface area contributed by atoms with E-state index in [9.17, 15) is 4.79 Å². The lowest BCUT2D eigenvalue weighted by Gasteiger charge is -2.32. The summed E-state index contributed by atoms with van der Waals surface area (Å²) >= 11 is 0. The fourth-order valence-corrected chi connectivity index (χ4v) is 2.77. The van der Waals surface area contributed by atoms with Crippen LogP contribution in [0, 0.1) is 12.8 Å². The van der Waals surface area contributed by atoms with Gasteiger partial charge in [-0.05, 0) is 57.5 Å². The Morgan fingerprint density at radius 1 is 1.47 bits per heavy atom. The van der Waals surface area contributed by atoms with Crippen molar-refractivity contribution in [3.05, 3.63) is 23.4 Å². The van der Waals surface area contributed by atoms with Gasteiger partial charge in [0.25, 0.3) is 0 Å². The molecule has 0 atom stereocenters. The summed E-state index contributed by atoms with van der Waals surface area (Å²) in [4.78, 5) is 19.8. The van der Waals surface area contributed by atoms with Crippen molar-refractivity contribution in [1.82, 2.24) is 9.88 Å². The van der Waals surface area contributed by atoms with Crippen LogP contribution in [-0.2, 0) is 0 Å². The Hall–Kier alpha value is -1.42. The number of nitrogens with zero attached hydrogens (tertiary/aromatic N) is 3. The number of aldehydes is 1. The van der Waals surface area contributed by atoms with Crippen LogP contribution >= 0.6 is 0 Å². The summed E-state index contributed by atoms with van der Waals surface area (Å²) in [6, 6.07) is 1.90. The quantitative estimate of drug-likeness (QED) is 0.777. The highest BCUT2D eigenvalue weighted by Gasteiger charge is 2.19. The molecule has 1 saturated heterocycles. The maximum atomic E-state index is 10.7. The van der Waals surface area contributed by atoms with E-state index in [0.717, 1.165) is 30.1 Å². The van der Waals surface area contributed by atoms with Gasteiger partial charge in [-0.3, -0.25) is 4.79 Å². The van der Waals surface area contributed by atoms with Gasteiger partial charge in [-0.1, -0.05) is 0 Å². The Balaban J connectivity index is 1.99. The van der Waals surface area contributed by atoms with Crippen molar-refractivity contribution in [3.8, 4) is 0 Å². The molecule has 4 nitrogen and oxygen atoms in total. The first-order valence-electron chi connectivity index (χ1n) is 6.91. The molecule has 4 heteroatoms. The van der Waals surface area contributed by atoms with E-state index in [-0.39, 0.29) is 0 Å². The largest absolute Gasteiger partial charge is 0.359 e. The number of hydrogen-bond donors (Lipinski definition) is 0. The summed E-state index contributed by atoms with van der Waals surface area (Å²) < 4.78 is 0. The molecule has 0 saturated carbocycles. The van der Waals surface area contributed by atoms with Gasteiger partial charge in [0.15, 0.2) is 6.29 Å². The first-order chi connectivity index (χ1) is 9.10.